The number of hydrogen-bond acceptors (Lipinski definition) is 4. The van der Waals surface area contributed by atoms with Gasteiger partial charge in [0.2, 0.25) is 5.88 Å². The summed E-state index contributed by atoms with van der Waals surface area (Å²) < 4.78 is 5.43. The zero-order chi connectivity index (χ0) is 13.5. The van der Waals surface area contributed by atoms with Gasteiger partial charge in [-0.15, -0.1) is 12.4 Å². The monoisotopic (exact) mass is 293 g/mol. The van der Waals surface area contributed by atoms with Gasteiger partial charge in [-0.1, -0.05) is 36.4 Å². The molecule has 0 saturated carbocycles. The number of halogens is 1. The minimum absolute atomic E-state index is 0. The highest BCUT2D eigenvalue weighted by Gasteiger charge is 2.05. The van der Waals surface area contributed by atoms with E-state index in [0.29, 0.717) is 19.0 Å². The van der Waals surface area contributed by atoms with Gasteiger partial charge < -0.3 is 15.4 Å². The quantitative estimate of drug-likeness (QED) is 0.889. The van der Waals surface area contributed by atoms with Gasteiger partial charge in [0, 0.05) is 26.2 Å². The van der Waals surface area contributed by atoms with Crippen molar-refractivity contribution >= 4 is 18.2 Å². The number of ether oxygens (including phenoxy) is 1. The van der Waals surface area contributed by atoms with Gasteiger partial charge in [-0.3, -0.25) is 0 Å². The number of nitrogens with zero attached hydrogens (tertiary/aromatic N) is 2. The molecule has 0 bridgehead atoms. The van der Waals surface area contributed by atoms with Crippen LogP contribution in [0.4, 0.5) is 5.82 Å². The summed E-state index contributed by atoms with van der Waals surface area (Å²) in [5, 5.41) is 0. The molecule has 108 valence electrons. The fraction of sp³-hybridized carbons (Fsp3) is 0.267. The van der Waals surface area contributed by atoms with Crippen LogP contribution in [0, 0.1) is 0 Å². The van der Waals surface area contributed by atoms with Crippen LogP contribution in [-0.4, -0.2) is 25.2 Å². The van der Waals surface area contributed by atoms with Crippen LogP contribution < -0.4 is 15.4 Å². The minimum atomic E-state index is 0. The van der Waals surface area contributed by atoms with Gasteiger partial charge in [0.1, 0.15) is 12.4 Å². The molecule has 1 aromatic heterocycles. The molecule has 0 saturated heterocycles. The van der Waals surface area contributed by atoms with Crippen LogP contribution in [0.15, 0.2) is 48.5 Å². The van der Waals surface area contributed by atoms with Crippen molar-refractivity contribution in [2.24, 2.45) is 5.73 Å². The second-order valence-electron chi connectivity index (χ2n) is 4.31. The maximum atomic E-state index is 5.43. The second kappa shape index (κ2) is 8.40. The molecule has 2 N–H and O–H groups in total. The first-order valence-electron chi connectivity index (χ1n) is 6.34. The molecule has 2 rings (SSSR count). The van der Waals surface area contributed by atoms with Crippen molar-refractivity contribution in [3.8, 4) is 5.88 Å². The van der Waals surface area contributed by atoms with Crippen LogP contribution in [0.5, 0.6) is 5.88 Å². The number of hydrogen-bond donors (Lipinski definition) is 1. The van der Waals surface area contributed by atoms with Gasteiger partial charge in [0.25, 0.3) is 0 Å². The van der Waals surface area contributed by atoms with E-state index in [2.05, 4.69) is 22.0 Å². The molecule has 0 unspecified atom stereocenters. The maximum Gasteiger partial charge on any atom is 0.215 e. The Morgan fingerprint density at radius 2 is 1.85 bits per heavy atom. The number of pyridine rings is 1. The average molecular weight is 294 g/mol. The number of benzene rings is 1. The molecule has 0 aliphatic carbocycles. The van der Waals surface area contributed by atoms with Crippen LogP contribution in [0.1, 0.15) is 5.56 Å². The second-order valence-corrected chi connectivity index (χ2v) is 4.31. The van der Waals surface area contributed by atoms with E-state index >= 15 is 0 Å². The summed E-state index contributed by atoms with van der Waals surface area (Å²) in [4.78, 5) is 6.54. The maximum absolute atomic E-state index is 5.43. The highest BCUT2D eigenvalue weighted by atomic mass is 35.5. The van der Waals surface area contributed by atoms with Crippen LogP contribution in [0.25, 0.3) is 0 Å². The molecule has 0 aliphatic heterocycles. The van der Waals surface area contributed by atoms with E-state index in [1.54, 1.807) is 0 Å². The number of nitrogens with two attached hydrogens (primary N) is 1. The Kier molecular flexibility index (Phi) is 6.84. The Balaban J connectivity index is 0.00000200. The predicted molar refractivity (Wildman–Crippen MR) is 84.6 cm³/mol. The summed E-state index contributed by atoms with van der Waals surface area (Å²) >= 11 is 0. The summed E-state index contributed by atoms with van der Waals surface area (Å²) in [7, 11) is 2.02. The summed E-state index contributed by atoms with van der Waals surface area (Å²) in [5.74, 6) is 1.50. The molecule has 1 heterocycles. The van der Waals surface area contributed by atoms with Gasteiger partial charge in [-0.05, 0) is 11.6 Å². The van der Waals surface area contributed by atoms with Gasteiger partial charge in [-0.2, -0.15) is 4.98 Å². The van der Waals surface area contributed by atoms with Crippen molar-refractivity contribution in [1.29, 1.82) is 0 Å². The molecule has 0 amide bonds. The summed E-state index contributed by atoms with van der Waals surface area (Å²) in [5.41, 5.74) is 6.66. The molecule has 20 heavy (non-hydrogen) atoms. The zero-order valence-corrected chi connectivity index (χ0v) is 12.3. The van der Waals surface area contributed by atoms with Crippen molar-refractivity contribution in [2.75, 3.05) is 25.1 Å². The van der Waals surface area contributed by atoms with Crippen molar-refractivity contribution in [3.05, 3.63) is 54.1 Å². The first kappa shape index (κ1) is 16.3. The first-order valence-corrected chi connectivity index (χ1v) is 6.34. The van der Waals surface area contributed by atoms with Crippen LogP contribution >= 0.6 is 12.4 Å². The number of aromatic nitrogens is 1. The van der Waals surface area contributed by atoms with E-state index < -0.39 is 0 Å². The highest BCUT2D eigenvalue weighted by Crippen LogP contribution is 2.16. The molecular weight excluding hydrogens is 274 g/mol. The molecular formula is C15H20ClN3O. The van der Waals surface area contributed by atoms with Crippen molar-refractivity contribution in [1.82, 2.24) is 4.98 Å². The Hall–Kier alpha value is -1.78. The molecule has 0 aliphatic rings. The van der Waals surface area contributed by atoms with E-state index in [4.69, 9.17) is 10.5 Å². The highest BCUT2D eigenvalue weighted by molar-refractivity contribution is 5.85. The lowest BCUT2D eigenvalue weighted by molar-refractivity contribution is 0.316. The molecule has 0 radical (unpaired) electrons. The largest absolute Gasteiger partial charge is 0.476 e. The Morgan fingerprint density at radius 1 is 1.10 bits per heavy atom. The first-order chi connectivity index (χ1) is 9.29. The molecule has 5 heteroatoms. The van der Waals surface area contributed by atoms with Crippen LogP contribution in [0.3, 0.4) is 0 Å². The third-order valence-corrected chi connectivity index (χ3v) is 2.73. The van der Waals surface area contributed by atoms with Crippen LogP contribution in [-0.2, 0) is 6.54 Å². The predicted octanol–water partition coefficient (Wildman–Crippen LogP) is 2.48. The lowest BCUT2D eigenvalue weighted by atomic mass is 10.2. The van der Waals surface area contributed by atoms with E-state index in [1.807, 2.05) is 43.4 Å². The summed E-state index contributed by atoms with van der Waals surface area (Å²) in [6, 6.07) is 16.1. The van der Waals surface area contributed by atoms with Crippen molar-refractivity contribution < 1.29 is 4.74 Å². The van der Waals surface area contributed by atoms with Gasteiger partial charge in [0.05, 0.1) is 0 Å². The fourth-order valence-corrected chi connectivity index (χ4v) is 1.80. The Labute approximate surface area is 126 Å². The lowest BCUT2D eigenvalue weighted by Gasteiger charge is -2.18. The lowest BCUT2D eigenvalue weighted by Crippen LogP contribution is -2.18. The van der Waals surface area contributed by atoms with Crippen molar-refractivity contribution in [2.45, 2.75) is 6.54 Å². The molecule has 0 fully saturated rings. The van der Waals surface area contributed by atoms with Crippen molar-refractivity contribution in [3.63, 3.8) is 0 Å². The molecule has 0 spiro atoms. The smallest absolute Gasteiger partial charge is 0.215 e. The van der Waals surface area contributed by atoms with Gasteiger partial charge in [0.15, 0.2) is 0 Å². The number of anilines is 1. The third-order valence-electron chi connectivity index (χ3n) is 2.73. The van der Waals surface area contributed by atoms with E-state index in [1.165, 1.54) is 5.56 Å². The van der Waals surface area contributed by atoms with Gasteiger partial charge >= 0.3 is 0 Å². The number of rotatable bonds is 6. The van der Waals surface area contributed by atoms with E-state index in [-0.39, 0.29) is 12.4 Å². The summed E-state index contributed by atoms with van der Waals surface area (Å²) in [6.07, 6.45) is 0. The Morgan fingerprint density at radius 3 is 2.55 bits per heavy atom. The van der Waals surface area contributed by atoms with Crippen LogP contribution in [0.2, 0.25) is 0 Å². The Bertz CT molecular complexity index is 507. The third kappa shape index (κ3) is 4.72. The van der Waals surface area contributed by atoms with E-state index in [9.17, 15) is 0 Å². The summed E-state index contributed by atoms with van der Waals surface area (Å²) in [6.45, 7) is 1.79. The fourth-order valence-electron chi connectivity index (χ4n) is 1.80. The minimum Gasteiger partial charge on any atom is -0.476 e. The molecule has 2 aromatic rings. The topological polar surface area (TPSA) is 51.4 Å². The normalized spacial score (nSPS) is 9.70. The average Bonchev–Trinajstić information content (AvgIpc) is 2.46. The zero-order valence-electron chi connectivity index (χ0n) is 11.5. The molecule has 4 nitrogen and oxygen atoms in total. The SMILES string of the molecule is CN(Cc1ccccc1)c1cccc(OCCN)n1.Cl. The molecule has 1 aromatic carbocycles. The van der Waals surface area contributed by atoms with Gasteiger partial charge in [-0.25, -0.2) is 0 Å². The molecule has 0 atom stereocenters. The van der Waals surface area contributed by atoms with E-state index in [0.717, 1.165) is 12.4 Å². The standard InChI is InChI=1S/C15H19N3O.ClH/c1-18(12-13-6-3-2-4-7-13)14-8-5-9-15(17-14)19-11-10-16;/h2-9H,10-12,16H2,1H3;1H.